The van der Waals surface area contributed by atoms with Crippen molar-refractivity contribution >= 4 is 10.8 Å². The smallest absolute Gasteiger partial charge is 0.0825 e. The van der Waals surface area contributed by atoms with Crippen LogP contribution in [0.5, 0.6) is 0 Å². The lowest BCUT2D eigenvalue weighted by Gasteiger charge is -2.28. The van der Waals surface area contributed by atoms with Gasteiger partial charge in [0.15, 0.2) is 0 Å². The zero-order valence-electron chi connectivity index (χ0n) is 13.0. The van der Waals surface area contributed by atoms with Crippen molar-refractivity contribution in [3.05, 3.63) is 47.5 Å². The van der Waals surface area contributed by atoms with E-state index in [1.807, 2.05) is 0 Å². The van der Waals surface area contributed by atoms with Crippen molar-refractivity contribution in [1.82, 2.24) is 5.32 Å². The number of aliphatic hydroxyl groups excluding tert-OH is 1. The minimum atomic E-state index is -0.349. The molecule has 0 aromatic heterocycles. The predicted octanol–water partition coefficient (Wildman–Crippen LogP) is 4.00. The van der Waals surface area contributed by atoms with Crippen LogP contribution in [-0.2, 0) is 0 Å². The quantitative estimate of drug-likeness (QED) is 0.892. The summed E-state index contributed by atoms with van der Waals surface area (Å²) >= 11 is 0. The molecule has 2 nitrogen and oxygen atoms in total. The maximum atomic E-state index is 10.8. The van der Waals surface area contributed by atoms with Gasteiger partial charge in [-0.3, -0.25) is 0 Å². The maximum absolute atomic E-state index is 10.8. The standard InChI is InChI=1S/C19H25NO/c1-13(2)16-7-6-14-4-3-5-17(18(14)12-16)19(21)15-8-10-20-11-9-15/h3-7,12-13,15,19-21H,8-11H2,1-2H3. The molecular weight excluding hydrogens is 258 g/mol. The Morgan fingerprint density at radius 3 is 2.57 bits per heavy atom. The zero-order chi connectivity index (χ0) is 14.8. The Morgan fingerprint density at radius 1 is 1.10 bits per heavy atom. The van der Waals surface area contributed by atoms with E-state index >= 15 is 0 Å². The van der Waals surface area contributed by atoms with Crippen LogP contribution >= 0.6 is 0 Å². The third-order valence-electron chi connectivity index (χ3n) is 4.76. The molecule has 2 heteroatoms. The topological polar surface area (TPSA) is 32.3 Å². The number of piperidine rings is 1. The van der Waals surface area contributed by atoms with Crippen molar-refractivity contribution in [2.45, 2.75) is 38.7 Å². The highest BCUT2D eigenvalue weighted by molar-refractivity contribution is 5.86. The van der Waals surface area contributed by atoms with Crippen LogP contribution in [0, 0.1) is 5.92 Å². The highest BCUT2D eigenvalue weighted by Gasteiger charge is 2.24. The van der Waals surface area contributed by atoms with Crippen molar-refractivity contribution < 1.29 is 5.11 Å². The first-order chi connectivity index (χ1) is 10.2. The average Bonchev–Trinajstić information content (AvgIpc) is 2.54. The maximum Gasteiger partial charge on any atom is 0.0825 e. The van der Waals surface area contributed by atoms with E-state index < -0.39 is 0 Å². The minimum Gasteiger partial charge on any atom is -0.388 e. The Balaban J connectivity index is 2.02. The van der Waals surface area contributed by atoms with E-state index in [0.717, 1.165) is 31.5 Å². The number of benzene rings is 2. The molecule has 1 saturated heterocycles. The number of rotatable bonds is 3. The molecule has 1 unspecified atom stereocenters. The van der Waals surface area contributed by atoms with E-state index in [0.29, 0.717) is 11.8 Å². The third kappa shape index (κ3) is 2.97. The Labute approximate surface area is 127 Å². The number of fused-ring (bicyclic) bond motifs is 1. The van der Waals surface area contributed by atoms with Gasteiger partial charge in [-0.2, -0.15) is 0 Å². The fourth-order valence-electron chi connectivity index (χ4n) is 3.35. The van der Waals surface area contributed by atoms with Crippen LogP contribution in [0.15, 0.2) is 36.4 Å². The van der Waals surface area contributed by atoms with Crippen LogP contribution < -0.4 is 5.32 Å². The lowest BCUT2D eigenvalue weighted by atomic mass is 9.85. The molecule has 0 radical (unpaired) electrons. The first-order valence-corrected chi connectivity index (χ1v) is 8.08. The van der Waals surface area contributed by atoms with E-state index in [4.69, 9.17) is 0 Å². The van der Waals surface area contributed by atoms with Crippen molar-refractivity contribution in [1.29, 1.82) is 0 Å². The molecule has 2 aromatic carbocycles. The molecule has 0 aliphatic carbocycles. The van der Waals surface area contributed by atoms with E-state index in [1.165, 1.54) is 16.3 Å². The Morgan fingerprint density at radius 2 is 1.86 bits per heavy atom. The monoisotopic (exact) mass is 283 g/mol. The first-order valence-electron chi connectivity index (χ1n) is 8.08. The number of nitrogens with one attached hydrogen (secondary N) is 1. The van der Waals surface area contributed by atoms with Crippen LogP contribution in [0.1, 0.15) is 49.8 Å². The van der Waals surface area contributed by atoms with Crippen LogP contribution in [0.25, 0.3) is 10.8 Å². The molecule has 0 saturated carbocycles. The van der Waals surface area contributed by atoms with Gasteiger partial charge in [-0.25, -0.2) is 0 Å². The number of hydrogen-bond donors (Lipinski definition) is 2. The summed E-state index contributed by atoms with van der Waals surface area (Å²) in [6.07, 6.45) is 1.77. The summed E-state index contributed by atoms with van der Waals surface area (Å²) in [5.74, 6) is 0.887. The lowest BCUT2D eigenvalue weighted by Crippen LogP contribution is -2.30. The highest BCUT2D eigenvalue weighted by atomic mass is 16.3. The van der Waals surface area contributed by atoms with Crippen LogP contribution in [0.3, 0.4) is 0 Å². The van der Waals surface area contributed by atoms with Crippen LogP contribution in [0.2, 0.25) is 0 Å². The molecule has 112 valence electrons. The summed E-state index contributed by atoms with van der Waals surface area (Å²) < 4.78 is 0. The number of hydrogen-bond acceptors (Lipinski definition) is 2. The fraction of sp³-hybridized carbons (Fsp3) is 0.474. The molecule has 0 amide bonds. The molecule has 0 spiro atoms. The van der Waals surface area contributed by atoms with E-state index in [-0.39, 0.29) is 6.10 Å². The van der Waals surface area contributed by atoms with Gasteiger partial charge in [0.1, 0.15) is 0 Å². The third-order valence-corrected chi connectivity index (χ3v) is 4.76. The molecule has 1 atom stereocenters. The summed E-state index contributed by atoms with van der Waals surface area (Å²) in [6.45, 7) is 6.47. The molecule has 2 aromatic rings. The molecule has 2 N–H and O–H groups in total. The highest BCUT2D eigenvalue weighted by Crippen LogP contribution is 2.34. The SMILES string of the molecule is CC(C)c1ccc2cccc(C(O)C3CCNCC3)c2c1. The Bertz CT molecular complexity index is 614. The van der Waals surface area contributed by atoms with Gasteiger partial charge in [0.05, 0.1) is 6.10 Å². The minimum absolute atomic E-state index is 0.349. The van der Waals surface area contributed by atoms with Crippen LogP contribution in [0.4, 0.5) is 0 Å². The summed E-state index contributed by atoms with van der Waals surface area (Å²) in [7, 11) is 0. The molecule has 1 fully saturated rings. The van der Waals surface area contributed by atoms with Gasteiger partial charge in [0.25, 0.3) is 0 Å². The summed E-state index contributed by atoms with van der Waals surface area (Å²) in [5, 5.41) is 16.7. The summed E-state index contributed by atoms with van der Waals surface area (Å²) in [4.78, 5) is 0. The largest absolute Gasteiger partial charge is 0.388 e. The fourth-order valence-corrected chi connectivity index (χ4v) is 3.35. The van der Waals surface area contributed by atoms with Gasteiger partial charge < -0.3 is 10.4 Å². The second-order valence-corrected chi connectivity index (χ2v) is 6.51. The van der Waals surface area contributed by atoms with Gasteiger partial charge in [-0.15, -0.1) is 0 Å². The normalized spacial score (nSPS) is 18.3. The average molecular weight is 283 g/mol. The Kier molecular flexibility index (Phi) is 4.27. The molecule has 3 rings (SSSR count). The predicted molar refractivity (Wildman–Crippen MR) is 88.6 cm³/mol. The van der Waals surface area contributed by atoms with E-state index in [9.17, 15) is 5.11 Å². The summed E-state index contributed by atoms with van der Waals surface area (Å²) in [6, 6.07) is 12.9. The van der Waals surface area contributed by atoms with Crippen LogP contribution in [-0.4, -0.2) is 18.2 Å². The van der Waals surface area contributed by atoms with Crippen molar-refractivity contribution in [2.75, 3.05) is 13.1 Å². The van der Waals surface area contributed by atoms with Crippen molar-refractivity contribution in [3.63, 3.8) is 0 Å². The van der Waals surface area contributed by atoms with Gasteiger partial charge in [-0.1, -0.05) is 50.2 Å². The second-order valence-electron chi connectivity index (χ2n) is 6.51. The zero-order valence-corrected chi connectivity index (χ0v) is 13.0. The molecule has 1 aliphatic rings. The van der Waals surface area contributed by atoms with Gasteiger partial charge >= 0.3 is 0 Å². The first kappa shape index (κ1) is 14.6. The Hall–Kier alpha value is -1.38. The lowest BCUT2D eigenvalue weighted by molar-refractivity contribution is 0.0902. The molecule has 1 aliphatic heterocycles. The van der Waals surface area contributed by atoms with Crippen molar-refractivity contribution in [3.8, 4) is 0 Å². The number of aliphatic hydroxyl groups is 1. The van der Waals surface area contributed by atoms with Crippen molar-refractivity contribution in [2.24, 2.45) is 5.92 Å². The second kappa shape index (κ2) is 6.17. The van der Waals surface area contributed by atoms with E-state index in [2.05, 4.69) is 55.6 Å². The van der Waals surface area contributed by atoms with Gasteiger partial charge in [-0.05, 0) is 59.7 Å². The van der Waals surface area contributed by atoms with Gasteiger partial charge in [0, 0.05) is 0 Å². The molecule has 21 heavy (non-hydrogen) atoms. The molecule has 0 bridgehead atoms. The summed E-state index contributed by atoms with van der Waals surface area (Å²) in [5.41, 5.74) is 2.44. The van der Waals surface area contributed by atoms with Gasteiger partial charge in [0.2, 0.25) is 0 Å². The molecular formula is C19H25NO. The van der Waals surface area contributed by atoms with E-state index in [1.54, 1.807) is 0 Å². The molecule has 1 heterocycles.